The highest BCUT2D eigenvalue weighted by molar-refractivity contribution is 5.88. The van der Waals surface area contributed by atoms with Crippen molar-refractivity contribution in [3.63, 3.8) is 0 Å². The summed E-state index contributed by atoms with van der Waals surface area (Å²) < 4.78 is 16.3. The van der Waals surface area contributed by atoms with Gasteiger partial charge in [-0.3, -0.25) is 4.79 Å². The molecule has 5 heteroatoms. The maximum Gasteiger partial charge on any atom is 0.343 e. The molecule has 0 spiro atoms. The lowest BCUT2D eigenvalue weighted by Gasteiger charge is -2.17. The molecule has 0 saturated carbocycles. The van der Waals surface area contributed by atoms with Gasteiger partial charge in [0.2, 0.25) is 0 Å². The van der Waals surface area contributed by atoms with Gasteiger partial charge >= 0.3 is 11.6 Å². The van der Waals surface area contributed by atoms with E-state index < -0.39 is 11.7 Å². The molecule has 2 aromatic rings. The van der Waals surface area contributed by atoms with Crippen LogP contribution in [0.2, 0.25) is 0 Å². The summed E-state index contributed by atoms with van der Waals surface area (Å²) in [4.78, 5) is 23.6. The Hall–Kier alpha value is -2.56. The van der Waals surface area contributed by atoms with Crippen molar-refractivity contribution in [2.45, 2.75) is 40.2 Å². The van der Waals surface area contributed by atoms with Gasteiger partial charge in [-0.15, -0.1) is 0 Å². The maximum atomic E-state index is 12.3. The van der Waals surface area contributed by atoms with E-state index in [0.29, 0.717) is 28.7 Å². The van der Waals surface area contributed by atoms with E-state index in [1.54, 1.807) is 19.1 Å². The Morgan fingerprint density at radius 3 is 2.58 bits per heavy atom. The van der Waals surface area contributed by atoms with Gasteiger partial charge in [0.1, 0.15) is 17.4 Å². The lowest BCUT2D eigenvalue weighted by atomic mass is 10.0. The predicted molar refractivity (Wildman–Crippen MR) is 92.4 cm³/mol. The third-order valence-corrected chi connectivity index (χ3v) is 3.71. The fourth-order valence-corrected chi connectivity index (χ4v) is 2.64. The number of carbonyl (C=O) groups is 1. The van der Waals surface area contributed by atoms with E-state index in [2.05, 4.69) is 0 Å². The number of hydrogen-bond acceptors (Lipinski definition) is 5. The number of esters is 1. The third kappa shape index (κ3) is 3.67. The molecule has 0 N–H and O–H groups in total. The van der Waals surface area contributed by atoms with Crippen LogP contribution in [-0.4, -0.2) is 13.1 Å². The zero-order chi connectivity index (χ0) is 17.9. The van der Waals surface area contributed by atoms with E-state index in [9.17, 15) is 9.59 Å². The van der Waals surface area contributed by atoms with Crippen LogP contribution in [0.3, 0.4) is 0 Å². The molecule has 0 aliphatic heterocycles. The van der Waals surface area contributed by atoms with Crippen molar-refractivity contribution in [1.29, 1.82) is 0 Å². The van der Waals surface area contributed by atoms with E-state index in [1.807, 2.05) is 26.0 Å². The monoisotopic (exact) mass is 330 g/mol. The standard InChI is InChI=1S/C19H22O5/c1-11(2)9-10-15-18(22-5)17-14(12(3)23-13(4)20)7-6-8-16(17)24-19(15)21/h6-9,12H,10H2,1-5H3. The summed E-state index contributed by atoms with van der Waals surface area (Å²) in [7, 11) is 1.52. The van der Waals surface area contributed by atoms with Crippen LogP contribution in [0.15, 0.2) is 39.1 Å². The minimum absolute atomic E-state index is 0.374. The topological polar surface area (TPSA) is 65.7 Å². The molecule has 128 valence electrons. The van der Waals surface area contributed by atoms with Crippen LogP contribution >= 0.6 is 0 Å². The lowest BCUT2D eigenvalue weighted by molar-refractivity contribution is -0.145. The Balaban J connectivity index is 2.74. The van der Waals surface area contributed by atoms with Gasteiger partial charge in [0.25, 0.3) is 0 Å². The molecule has 0 amide bonds. The van der Waals surface area contributed by atoms with E-state index >= 15 is 0 Å². The molecule has 1 heterocycles. The summed E-state index contributed by atoms with van der Waals surface area (Å²) in [5.41, 5.74) is 2.27. The number of hydrogen-bond donors (Lipinski definition) is 0. The van der Waals surface area contributed by atoms with E-state index in [-0.39, 0.29) is 5.97 Å². The molecule has 0 fully saturated rings. The molecule has 2 rings (SSSR count). The first-order chi connectivity index (χ1) is 11.3. The average Bonchev–Trinajstić information content (AvgIpc) is 2.50. The smallest absolute Gasteiger partial charge is 0.343 e. The van der Waals surface area contributed by atoms with Gasteiger partial charge in [-0.2, -0.15) is 0 Å². The normalized spacial score (nSPS) is 11.9. The molecular formula is C19H22O5. The summed E-state index contributed by atoms with van der Waals surface area (Å²) in [6.45, 7) is 7.06. The van der Waals surface area contributed by atoms with Crippen LogP contribution in [0, 0.1) is 0 Å². The van der Waals surface area contributed by atoms with Gasteiger partial charge in [0.15, 0.2) is 0 Å². The van der Waals surface area contributed by atoms with Crippen molar-refractivity contribution >= 4 is 16.9 Å². The molecule has 0 aliphatic rings. The first-order valence-electron chi connectivity index (χ1n) is 7.78. The van der Waals surface area contributed by atoms with Crippen LogP contribution in [0.25, 0.3) is 11.0 Å². The first-order valence-corrected chi connectivity index (χ1v) is 7.78. The molecule has 24 heavy (non-hydrogen) atoms. The van der Waals surface area contributed by atoms with E-state index in [0.717, 1.165) is 11.1 Å². The number of fused-ring (bicyclic) bond motifs is 1. The van der Waals surface area contributed by atoms with Crippen molar-refractivity contribution in [3.8, 4) is 5.75 Å². The molecule has 1 unspecified atom stereocenters. The fraction of sp³-hybridized carbons (Fsp3) is 0.368. The second-order valence-electron chi connectivity index (χ2n) is 5.86. The Kier molecular flexibility index (Phi) is 5.44. The summed E-state index contributed by atoms with van der Waals surface area (Å²) in [6.07, 6.45) is 1.88. The summed E-state index contributed by atoms with van der Waals surface area (Å²) >= 11 is 0. The number of allylic oxidation sites excluding steroid dienone is 2. The van der Waals surface area contributed by atoms with Gasteiger partial charge in [-0.05, 0) is 26.8 Å². The minimum atomic E-state index is -0.482. The van der Waals surface area contributed by atoms with Crippen LogP contribution in [0.4, 0.5) is 0 Å². The highest BCUT2D eigenvalue weighted by Gasteiger charge is 2.21. The maximum absolute atomic E-state index is 12.3. The zero-order valence-corrected chi connectivity index (χ0v) is 14.6. The van der Waals surface area contributed by atoms with Gasteiger partial charge in [-0.25, -0.2) is 4.79 Å². The van der Waals surface area contributed by atoms with Gasteiger partial charge in [0, 0.05) is 18.9 Å². The summed E-state index contributed by atoms with van der Waals surface area (Å²) in [6, 6.07) is 5.30. The van der Waals surface area contributed by atoms with Gasteiger partial charge in [0.05, 0.1) is 18.1 Å². The SMILES string of the molecule is COc1c(CC=C(C)C)c(=O)oc2cccc(C(C)OC(C)=O)c12. The van der Waals surface area contributed by atoms with Crippen LogP contribution in [0.1, 0.15) is 44.9 Å². The third-order valence-electron chi connectivity index (χ3n) is 3.71. The second kappa shape index (κ2) is 7.34. The quantitative estimate of drug-likeness (QED) is 0.472. The molecule has 1 aromatic carbocycles. The Bertz CT molecular complexity index is 841. The van der Waals surface area contributed by atoms with E-state index in [1.165, 1.54) is 14.0 Å². The van der Waals surface area contributed by atoms with Crippen LogP contribution in [0.5, 0.6) is 5.75 Å². The zero-order valence-electron chi connectivity index (χ0n) is 14.6. The Labute approximate surface area is 140 Å². The number of rotatable bonds is 5. The number of carbonyl (C=O) groups excluding carboxylic acids is 1. The molecule has 0 radical (unpaired) electrons. The van der Waals surface area contributed by atoms with Crippen molar-refractivity contribution in [3.05, 3.63) is 51.4 Å². The van der Waals surface area contributed by atoms with Crippen LogP contribution < -0.4 is 10.4 Å². The molecule has 0 bridgehead atoms. The summed E-state index contributed by atoms with van der Waals surface area (Å²) in [5.74, 6) is 0.0916. The van der Waals surface area contributed by atoms with Crippen LogP contribution in [-0.2, 0) is 16.0 Å². The molecular weight excluding hydrogens is 308 g/mol. The Morgan fingerprint density at radius 1 is 1.29 bits per heavy atom. The van der Waals surface area contributed by atoms with E-state index in [4.69, 9.17) is 13.9 Å². The van der Waals surface area contributed by atoms with Gasteiger partial charge in [-0.1, -0.05) is 23.8 Å². The number of ether oxygens (including phenoxy) is 2. The Morgan fingerprint density at radius 2 is 2.00 bits per heavy atom. The lowest BCUT2D eigenvalue weighted by Crippen LogP contribution is -2.12. The molecule has 5 nitrogen and oxygen atoms in total. The first kappa shape index (κ1) is 17.8. The number of benzene rings is 1. The molecule has 1 atom stereocenters. The molecule has 0 aliphatic carbocycles. The summed E-state index contributed by atoms with van der Waals surface area (Å²) in [5, 5.41) is 0.658. The highest BCUT2D eigenvalue weighted by atomic mass is 16.5. The van der Waals surface area contributed by atoms with Crippen molar-refractivity contribution in [1.82, 2.24) is 0 Å². The predicted octanol–water partition coefficient (Wildman–Crippen LogP) is 3.93. The highest BCUT2D eigenvalue weighted by Crippen LogP contribution is 2.35. The fourth-order valence-electron chi connectivity index (χ4n) is 2.64. The minimum Gasteiger partial charge on any atom is -0.495 e. The molecule has 0 saturated heterocycles. The van der Waals surface area contributed by atoms with Crippen molar-refractivity contribution < 1.29 is 18.7 Å². The van der Waals surface area contributed by atoms with Crippen molar-refractivity contribution in [2.75, 3.05) is 7.11 Å². The van der Waals surface area contributed by atoms with Crippen molar-refractivity contribution in [2.24, 2.45) is 0 Å². The second-order valence-corrected chi connectivity index (χ2v) is 5.86. The van der Waals surface area contributed by atoms with Gasteiger partial charge < -0.3 is 13.9 Å². The largest absolute Gasteiger partial charge is 0.495 e. The number of methoxy groups -OCH3 is 1. The molecule has 1 aromatic heterocycles. The average molecular weight is 330 g/mol.